The van der Waals surface area contributed by atoms with E-state index in [0.717, 1.165) is 5.56 Å². The Morgan fingerprint density at radius 3 is 2.91 bits per heavy atom. The number of benzene rings is 1. The number of fused-ring (bicyclic) bond motifs is 1. The van der Waals surface area contributed by atoms with E-state index in [9.17, 15) is 18.8 Å². The van der Waals surface area contributed by atoms with E-state index in [2.05, 4.69) is 26.3 Å². The number of amides is 1. The van der Waals surface area contributed by atoms with Crippen LogP contribution in [0.1, 0.15) is 23.7 Å². The zero-order valence-corrected chi connectivity index (χ0v) is 18.4. The molecule has 2 aromatic heterocycles. The molecule has 0 bridgehead atoms. The Hall–Kier alpha value is -3.71. The smallest absolute Gasteiger partial charge is 0.308 e. The number of aliphatic imine (C=N–C) groups is 1. The number of halogens is 2. The first-order chi connectivity index (χ1) is 15.9. The van der Waals surface area contributed by atoms with E-state index in [-0.39, 0.29) is 22.5 Å². The number of carbonyl (C=O) groups excluding carboxylic acids is 1. The molecule has 1 aliphatic heterocycles. The first kappa shape index (κ1) is 22.5. The van der Waals surface area contributed by atoms with E-state index in [4.69, 9.17) is 4.74 Å². The fourth-order valence-electron chi connectivity index (χ4n) is 3.28. The summed E-state index contributed by atoms with van der Waals surface area (Å²) in [6.45, 7) is 1.38. The van der Waals surface area contributed by atoms with Crippen LogP contribution in [-0.2, 0) is 10.7 Å². The number of carbonyl (C=O) groups is 1. The number of nitrogens with zero attached hydrogens (tertiary/aromatic N) is 4. The molecule has 10 heteroatoms. The van der Waals surface area contributed by atoms with Gasteiger partial charge in [0.15, 0.2) is 5.17 Å². The second-order valence-electron chi connectivity index (χ2n) is 7.10. The van der Waals surface area contributed by atoms with Crippen molar-refractivity contribution in [3.8, 4) is 11.8 Å². The van der Waals surface area contributed by atoms with E-state index in [1.165, 1.54) is 24.5 Å². The molecule has 1 atom stereocenters. The minimum Gasteiger partial charge on any atom is -0.492 e. The Bertz CT molecular complexity index is 1320. The SMILES string of the molecule is CCOc1c(C#N)cnc2ccc(C=S3CC(=O)NC3=NCC(F)(F)c3ccccn3)cc12. The number of hydrogen-bond acceptors (Lipinski definition) is 6. The molecule has 3 aromatic rings. The van der Waals surface area contributed by atoms with Crippen molar-refractivity contribution < 1.29 is 18.3 Å². The van der Waals surface area contributed by atoms with E-state index in [0.29, 0.717) is 28.8 Å². The van der Waals surface area contributed by atoms with E-state index in [1.807, 2.05) is 24.4 Å². The average Bonchev–Trinajstić information content (AvgIpc) is 3.17. The summed E-state index contributed by atoms with van der Waals surface area (Å²) in [4.78, 5) is 24.0. The summed E-state index contributed by atoms with van der Waals surface area (Å²) < 4.78 is 34.6. The van der Waals surface area contributed by atoms with Crippen LogP contribution in [0.4, 0.5) is 8.78 Å². The number of hydrogen-bond donors (Lipinski definition) is 1. The summed E-state index contributed by atoms with van der Waals surface area (Å²) in [5, 5.41) is 14.6. The molecule has 7 nitrogen and oxygen atoms in total. The largest absolute Gasteiger partial charge is 0.492 e. The molecule has 1 saturated heterocycles. The Kier molecular flexibility index (Phi) is 6.42. The third kappa shape index (κ3) is 4.88. The van der Waals surface area contributed by atoms with Gasteiger partial charge in [-0.3, -0.25) is 19.8 Å². The van der Waals surface area contributed by atoms with Crippen LogP contribution in [0.15, 0.2) is 53.8 Å². The molecule has 0 spiro atoms. The summed E-state index contributed by atoms with van der Waals surface area (Å²) in [7, 11) is -0.813. The monoisotopic (exact) mass is 467 g/mol. The van der Waals surface area contributed by atoms with Crippen molar-refractivity contribution in [1.29, 1.82) is 5.26 Å². The lowest BCUT2D eigenvalue weighted by Crippen LogP contribution is -2.24. The second-order valence-corrected chi connectivity index (χ2v) is 8.87. The molecule has 1 amide bonds. The molecule has 0 radical (unpaired) electrons. The van der Waals surface area contributed by atoms with Crippen molar-refractivity contribution >= 4 is 37.8 Å². The number of rotatable bonds is 6. The number of alkyl halides is 2. The summed E-state index contributed by atoms with van der Waals surface area (Å²) in [6, 6.07) is 11.8. The normalized spacial score (nSPS) is 17.3. The van der Waals surface area contributed by atoms with Crippen molar-refractivity contribution in [1.82, 2.24) is 15.3 Å². The summed E-state index contributed by atoms with van der Waals surface area (Å²) in [5.74, 6) is -2.97. The van der Waals surface area contributed by atoms with Crippen molar-refractivity contribution in [3.63, 3.8) is 0 Å². The van der Waals surface area contributed by atoms with Gasteiger partial charge in [0.2, 0.25) is 5.91 Å². The van der Waals surface area contributed by atoms with Crippen molar-refractivity contribution in [3.05, 3.63) is 65.6 Å². The molecule has 0 saturated carbocycles. The zero-order chi connectivity index (χ0) is 23.4. The molecule has 1 aromatic carbocycles. The number of pyridine rings is 2. The van der Waals surface area contributed by atoms with E-state index < -0.39 is 23.0 Å². The van der Waals surface area contributed by atoms with Crippen LogP contribution in [0.3, 0.4) is 0 Å². The van der Waals surface area contributed by atoms with Gasteiger partial charge in [0, 0.05) is 17.8 Å². The predicted octanol–water partition coefficient (Wildman–Crippen LogP) is 3.60. The molecule has 168 valence electrons. The lowest BCUT2D eigenvalue weighted by atomic mass is 10.1. The molecular formula is C23H19F2N5O2S. The fraction of sp³-hybridized carbons (Fsp3) is 0.217. The van der Waals surface area contributed by atoms with Gasteiger partial charge in [-0.05, 0) is 42.1 Å². The molecule has 1 unspecified atom stereocenters. The van der Waals surface area contributed by atoms with Crippen LogP contribution in [-0.4, -0.2) is 45.3 Å². The first-order valence-corrected chi connectivity index (χ1v) is 11.5. The van der Waals surface area contributed by atoms with Gasteiger partial charge in [0.1, 0.15) is 29.6 Å². The van der Waals surface area contributed by atoms with Crippen molar-refractivity contribution in [2.75, 3.05) is 18.9 Å². The third-order valence-corrected chi connectivity index (χ3v) is 6.63. The maximum atomic E-state index is 14.5. The van der Waals surface area contributed by atoms with Crippen molar-refractivity contribution in [2.24, 2.45) is 4.99 Å². The lowest BCUT2D eigenvalue weighted by molar-refractivity contribution is -0.116. The summed E-state index contributed by atoms with van der Waals surface area (Å²) >= 11 is 0. The maximum Gasteiger partial charge on any atom is 0.308 e. The molecule has 4 rings (SSSR count). The average molecular weight is 468 g/mol. The highest BCUT2D eigenvalue weighted by molar-refractivity contribution is 8.29. The van der Waals surface area contributed by atoms with Gasteiger partial charge in [0.25, 0.3) is 0 Å². The van der Waals surface area contributed by atoms with Crippen LogP contribution < -0.4 is 10.1 Å². The highest BCUT2D eigenvalue weighted by Gasteiger charge is 2.33. The molecule has 3 heterocycles. The quantitative estimate of drug-likeness (QED) is 0.559. The number of nitriles is 1. The number of ether oxygens (including phenoxy) is 1. The van der Waals surface area contributed by atoms with Gasteiger partial charge in [-0.15, -0.1) is 10.5 Å². The van der Waals surface area contributed by atoms with Crippen LogP contribution >= 0.6 is 10.5 Å². The number of aromatic nitrogens is 2. The van der Waals surface area contributed by atoms with E-state index >= 15 is 0 Å². The predicted molar refractivity (Wildman–Crippen MR) is 124 cm³/mol. The Labute approximate surface area is 191 Å². The molecule has 1 N–H and O–H groups in total. The summed E-state index contributed by atoms with van der Waals surface area (Å²) in [6.07, 6.45) is 2.76. The molecular weight excluding hydrogens is 448 g/mol. The number of amidine groups is 1. The maximum absolute atomic E-state index is 14.5. The van der Waals surface area contributed by atoms with Crippen LogP contribution in [0.5, 0.6) is 5.75 Å². The van der Waals surface area contributed by atoms with Gasteiger partial charge in [0.05, 0.1) is 17.9 Å². The minimum atomic E-state index is -3.26. The third-order valence-electron chi connectivity index (χ3n) is 4.77. The van der Waals surface area contributed by atoms with Crippen molar-refractivity contribution in [2.45, 2.75) is 12.8 Å². The van der Waals surface area contributed by atoms with Gasteiger partial charge < -0.3 is 10.1 Å². The first-order valence-electron chi connectivity index (χ1n) is 10.0. The highest BCUT2D eigenvalue weighted by atomic mass is 32.2. The topological polar surface area (TPSA) is 100 Å². The number of nitrogens with one attached hydrogen (secondary N) is 1. The lowest BCUT2D eigenvalue weighted by Gasteiger charge is -2.13. The second kappa shape index (κ2) is 9.42. The molecule has 1 aliphatic rings. The highest BCUT2D eigenvalue weighted by Crippen LogP contribution is 2.31. The summed E-state index contributed by atoms with van der Waals surface area (Å²) in [5.41, 5.74) is 1.34. The minimum absolute atomic E-state index is 0.126. The Morgan fingerprint density at radius 2 is 2.18 bits per heavy atom. The molecule has 33 heavy (non-hydrogen) atoms. The van der Waals surface area contributed by atoms with Gasteiger partial charge in [-0.25, -0.2) is 0 Å². The van der Waals surface area contributed by atoms with Gasteiger partial charge in [-0.1, -0.05) is 12.1 Å². The van der Waals surface area contributed by atoms with Gasteiger partial charge in [-0.2, -0.15) is 14.0 Å². The standard InChI is InChI=1S/C23H19F2N5O2S/c1-2-32-21-16(10-26)11-28-18-7-6-15(9-17(18)21)12-33-13-20(31)30-22(33)29-14-23(24,25)19-5-3-4-8-27-19/h3-9,11-12H,2,13-14H2,1H3,(H,29,30,31). The van der Waals surface area contributed by atoms with Crippen LogP contribution in [0, 0.1) is 11.3 Å². The van der Waals surface area contributed by atoms with Crippen LogP contribution in [0.2, 0.25) is 0 Å². The fourth-order valence-corrected chi connectivity index (χ4v) is 4.92. The Morgan fingerprint density at radius 1 is 1.33 bits per heavy atom. The van der Waals surface area contributed by atoms with Crippen LogP contribution in [0.25, 0.3) is 10.9 Å². The zero-order valence-electron chi connectivity index (χ0n) is 17.6. The molecule has 1 fully saturated rings. The van der Waals surface area contributed by atoms with E-state index in [1.54, 1.807) is 12.1 Å². The Balaban J connectivity index is 1.68. The van der Waals surface area contributed by atoms with Gasteiger partial charge >= 0.3 is 5.92 Å². The molecule has 0 aliphatic carbocycles.